The molecule has 3 aromatic heterocycles. The Balaban J connectivity index is 1.74. The van der Waals surface area contributed by atoms with E-state index in [0.717, 1.165) is 11.1 Å². The normalized spacial score (nSPS) is 12.4. The highest BCUT2D eigenvalue weighted by atomic mass is 19.1. The lowest BCUT2D eigenvalue weighted by Gasteiger charge is -2.21. The van der Waals surface area contributed by atoms with Crippen LogP contribution in [0, 0.1) is 19.7 Å². The molecular formula is C23H20FN7O. The Bertz CT molecular complexity index is 1540. The number of halogens is 1. The van der Waals surface area contributed by atoms with Crippen LogP contribution in [0.25, 0.3) is 27.8 Å². The Morgan fingerprint density at radius 3 is 2.78 bits per heavy atom. The quantitative estimate of drug-likeness (QED) is 0.448. The lowest BCUT2D eigenvalue weighted by molar-refractivity contribution is 0.635. The molecule has 8 nitrogen and oxygen atoms in total. The monoisotopic (exact) mass is 429 g/mol. The standard InChI is InChI=1S/C23H20FN7O/c1-12-7-8-17(13(2)9-12)31-22(30-16-6-4-5-15(24)18(16)23(31)32)14(3)29-21-19-20(26-10-25-19)27-11-28-21/h4-11,14H,1-3H3,(H2,25,26,27,28,29)/t14-/m0/s1. The molecule has 0 aliphatic heterocycles. The molecule has 0 aliphatic carbocycles. The van der Waals surface area contributed by atoms with Gasteiger partial charge in [-0.1, -0.05) is 23.8 Å². The van der Waals surface area contributed by atoms with Crippen molar-refractivity contribution >= 4 is 27.9 Å². The van der Waals surface area contributed by atoms with Crippen LogP contribution in [0.3, 0.4) is 0 Å². The predicted molar refractivity (Wildman–Crippen MR) is 120 cm³/mol. The molecule has 0 aliphatic rings. The summed E-state index contributed by atoms with van der Waals surface area (Å²) in [6.07, 6.45) is 2.95. The molecule has 0 fully saturated rings. The number of hydrogen-bond acceptors (Lipinski definition) is 6. The van der Waals surface area contributed by atoms with Crippen LogP contribution >= 0.6 is 0 Å². The van der Waals surface area contributed by atoms with Crippen LogP contribution in [-0.4, -0.2) is 29.5 Å². The van der Waals surface area contributed by atoms with E-state index in [4.69, 9.17) is 4.98 Å². The molecule has 0 unspecified atom stereocenters. The Labute approximate surface area is 182 Å². The van der Waals surface area contributed by atoms with Crippen LogP contribution < -0.4 is 10.9 Å². The lowest BCUT2D eigenvalue weighted by atomic mass is 10.1. The largest absolute Gasteiger partial charge is 0.358 e. The molecule has 0 saturated carbocycles. The van der Waals surface area contributed by atoms with Crippen molar-refractivity contribution in [3.05, 3.63) is 82.2 Å². The highest BCUT2D eigenvalue weighted by Crippen LogP contribution is 2.25. The Hall–Kier alpha value is -4.14. The van der Waals surface area contributed by atoms with Crippen molar-refractivity contribution < 1.29 is 4.39 Å². The fourth-order valence-corrected chi connectivity index (χ4v) is 3.93. The molecule has 32 heavy (non-hydrogen) atoms. The molecular weight excluding hydrogens is 409 g/mol. The molecule has 160 valence electrons. The van der Waals surface area contributed by atoms with Gasteiger partial charge in [-0.3, -0.25) is 9.36 Å². The minimum Gasteiger partial charge on any atom is -0.358 e. The maximum atomic E-state index is 14.6. The number of fused-ring (bicyclic) bond motifs is 2. The van der Waals surface area contributed by atoms with Crippen molar-refractivity contribution in [1.82, 2.24) is 29.5 Å². The van der Waals surface area contributed by atoms with E-state index in [-0.39, 0.29) is 5.39 Å². The third-order valence-corrected chi connectivity index (χ3v) is 5.43. The van der Waals surface area contributed by atoms with Crippen molar-refractivity contribution in [3.8, 4) is 5.69 Å². The number of imidazole rings is 1. The van der Waals surface area contributed by atoms with Crippen LogP contribution in [-0.2, 0) is 0 Å². The number of nitrogens with one attached hydrogen (secondary N) is 2. The number of nitrogens with zero attached hydrogens (tertiary/aromatic N) is 5. The molecule has 2 aromatic carbocycles. The predicted octanol–water partition coefficient (Wildman–Crippen LogP) is 3.98. The second kappa shape index (κ2) is 7.52. The fourth-order valence-electron chi connectivity index (χ4n) is 3.93. The van der Waals surface area contributed by atoms with E-state index in [0.29, 0.717) is 34.0 Å². The number of H-pyrrole nitrogens is 1. The Kier molecular flexibility index (Phi) is 4.66. The van der Waals surface area contributed by atoms with Gasteiger partial charge in [0.05, 0.1) is 23.6 Å². The van der Waals surface area contributed by atoms with Crippen molar-refractivity contribution in [2.24, 2.45) is 0 Å². The summed E-state index contributed by atoms with van der Waals surface area (Å²) in [5.74, 6) is 0.368. The van der Waals surface area contributed by atoms with Gasteiger partial charge in [0, 0.05) is 0 Å². The first-order valence-electron chi connectivity index (χ1n) is 10.1. The first kappa shape index (κ1) is 19.8. The van der Waals surface area contributed by atoms with Crippen molar-refractivity contribution in [2.45, 2.75) is 26.8 Å². The van der Waals surface area contributed by atoms with Gasteiger partial charge < -0.3 is 10.3 Å². The third-order valence-electron chi connectivity index (χ3n) is 5.43. The van der Waals surface area contributed by atoms with E-state index in [1.807, 2.05) is 39.0 Å². The zero-order valence-electron chi connectivity index (χ0n) is 17.7. The van der Waals surface area contributed by atoms with Crippen LogP contribution in [0.5, 0.6) is 0 Å². The summed E-state index contributed by atoms with van der Waals surface area (Å²) in [6.45, 7) is 5.77. The Morgan fingerprint density at radius 1 is 1.12 bits per heavy atom. The molecule has 0 bridgehead atoms. The summed E-state index contributed by atoms with van der Waals surface area (Å²) >= 11 is 0. The van der Waals surface area contributed by atoms with Gasteiger partial charge in [-0.05, 0) is 44.5 Å². The molecule has 0 saturated heterocycles. The van der Waals surface area contributed by atoms with E-state index < -0.39 is 17.4 Å². The topological polar surface area (TPSA) is 101 Å². The minimum atomic E-state index is -0.597. The number of aromatic amines is 1. The molecule has 0 spiro atoms. The molecule has 3 heterocycles. The second-order valence-corrected chi connectivity index (χ2v) is 7.72. The van der Waals surface area contributed by atoms with Crippen LogP contribution in [0.4, 0.5) is 10.2 Å². The van der Waals surface area contributed by atoms with E-state index in [9.17, 15) is 9.18 Å². The third kappa shape index (κ3) is 3.18. The van der Waals surface area contributed by atoms with Gasteiger partial charge in [0.15, 0.2) is 11.5 Å². The minimum absolute atomic E-state index is 0.0404. The molecule has 1 atom stereocenters. The van der Waals surface area contributed by atoms with E-state index in [1.165, 1.54) is 23.3 Å². The zero-order chi connectivity index (χ0) is 22.4. The zero-order valence-corrected chi connectivity index (χ0v) is 17.7. The molecule has 5 rings (SSSR count). The average Bonchev–Trinajstić information content (AvgIpc) is 3.24. The van der Waals surface area contributed by atoms with Gasteiger partial charge in [0.25, 0.3) is 5.56 Å². The summed E-state index contributed by atoms with van der Waals surface area (Å²) in [5.41, 5.74) is 3.61. The fraction of sp³-hybridized carbons (Fsp3) is 0.174. The van der Waals surface area contributed by atoms with Crippen molar-refractivity contribution in [3.63, 3.8) is 0 Å². The Morgan fingerprint density at radius 2 is 1.97 bits per heavy atom. The highest BCUT2D eigenvalue weighted by Gasteiger charge is 2.22. The number of hydrogen-bond donors (Lipinski definition) is 2. The smallest absolute Gasteiger partial charge is 0.269 e. The molecule has 5 aromatic rings. The van der Waals surface area contributed by atoms with Crippen molar-refractivity contribution in [2.75, 3.05) is 5.32 Å². The first-order chi connectivity index (χ1) is 15.4. The second-order valence-electron chi connectivity index (χ2n) is 7.72. The van der Waals surface area contributed by atoms with Gasteiger partial charge in [0.1, 0.15) is 28.9 Å². The van der Waals surface area contributed by atoms with Crippen LogP contribution in [0.15, 0.2) is 53.8 Å². The number of aromatic nitrogens is 6. The SMILES string of the molecule is Cc1ccc(-n2c([C@H](C)Nc3ncnc4nc[nH]c34)nc3cccc(F)c3c2=O)c(C)c1. The van der Waals surface area contributed by atoms with Gasteiger partial charge >= 0.3 is 0 Å². The molecule has 2 N–H and O–H groups in total. The van der Waals surface area contributed by atoms with Gasteiger partial charge in [0.2, 0.25) is 0 Å². The summed E-state index contributed by atoms with van der Waals surface area (Å²) in [4.78, 5) is 33.8. The number of aryl methyl sites for hydroxylation is 2. The van der Waals surface area contributed by atoms with Crippen LogP contribution in [0.2, 0.25) is 0 Å². The van der Waals surface area contributed by atoms with E-state index in [1.54, 1.807) is 12.1 Å². The van der Waals surface area contributed by atoms with Crippen molar-refractivity contribution in [1.29, 1.82) is 0 Å². The van der Waals surface area contributed by atoms with Gasteiger partial charge in [-0.2, -0.15) is 0 Å². The number of anilines is 1. The average molecular weight is 429 g/mol. The highest BCUT2D eigenvalue weighted by molar-refractivity contribution is 5.82. The first-order valence-corrected chi connectivity index (χ1v) is 10.1. The summed E-state index contributed by atoms with van der Waals surface area (Å²) in [7, 11) is 0. The number of rotatable bonds is 4. The molecule has 0 amide bonds. The summed E-state index contributed by atoms with van der Waals surface area (Å²) in [6, 6.07) is 9.77. The lowest BCUT2D eigenvalue weighted by Crippen LogP contribution is -2.28. The summed E-state index contributed by atoms with van der Waals surface area (Å²) in [5, 5.41) is 3.26. The molecule has 9 heteroatoms. The van der Waals surface area contributed by atoms with Crippen LogP contribution in [0.1, 0.15) is 29.9 Å². The number of benzene rings is 2. The van der Waals surface area contributed by atoms with Gasteiger partial charge in [-0.25, -0.2) is 24.3 Å². The summed E-state index contributed by atoms with van der Waals surface area (Å²) < 4.78 is 16.1. The van der Waals surface area contributed by atoms with E-state index in [2.05, 4.69) is 25.3 Å². The molecule has 0 radical (unpaired) electrons. The maximum absolute atomic E-state index is 14.6. The maximum Gasteiger partial charge on any atom is 0.269 e. The van der Waals surface area contributed by atoms with Gasteiger partial charge in [-0.15, -0.1) is 0 Å². The van der Waals surface area contributed by atoms with E-state index >= 15 is 0 Å².